The molecule has 28 heavy (non-hydrogen) atoms. The highest BCUT2D eigenvalue weighted by molar-refractivity contribution is 5.83. The number of para-hydroxylation sites is 1. The lowest BCUT2D eigenvalue weighted by Gasteiger charge is -2.17. The van der Waals surface area contributed by atoms with Crippen LogP contribution in [0.2, 0.25) is 0 Å². The van der Waals surface area contributed by atoms with Gasteiger partial charge in [-0.25, -0.2) is 0 Å². The van der Waals surface area contributed by atoms with Crippen molar-refractivity contribution in [3.8, 4) is 11.5 Å². The maximum absolute atomic E-state index is 6.24. The van der Waals surface area contributed by atoms with Crippen LogP contribution in [0.4, 0.5) is 11.4 Å². The van der Waals surface area contributed by atoms with Crippen LogP contribution < -0.4 is 15.2 Å². The fraction of sp³-hybridized carbons (Fsp3) is 0.375. The van der Waals surface area contributed by atoms with Gasteiger partial charge in [0.15, 0.2) is 11.5 Å². The molecular formula is C24H32N2O2. The van der Waals surface area contributed by atoms with Gasteiger partial charge in [0.05, 0.1) is 24.6 Å². The molecule has 0 spiro atoms. The Bertz CT molecular complexity index is 806. The van der Waals surface area contributed by atoms with Gasteiger partial charge in [0, 0.05) is 11.8 Å². The lowest BCUT2D eigenvalue weighted by molar-refractivity contribution is 0.200. The molecule has 0 amide bonds. The van der Waals surface area contributed by atoms with Crippen molar-refractivity contribution in [2.45, 2.75) is 52.6 Å². The van der Waals surface area contributed by atoms with E-state index in [2.05, 4.69) is 4.99 Å². The van der Waals surface area contributed by atoms with E-state index in [0.29, 0.717) is 5.69 Å². The molecule has 4 nitrogen and oxygen atoms in total. The van der Waals surface area contributed by atoms with Gasteiger partial charge in [-0.05, 0) is 68.5 Å². The molecule has 0 radical (unpaired) electrons. The van der Waals surface area contributed by atoms with Crippen molar-refractivity contribution in [2.75, 3.05) is 12.8 Å². The van der Waals surface area contributed by atoms with Gasteiger partial charge < -0.3 is 15.2 Å². The van der Waals surface area contributed by atoms with Gasteiger partial charge in [0.25, 0.3) is 0 Å². The third kappa shape index (κ3) is 5.88. The summed E-state index contributed by atoms with van der Waals surface area (Å²) >= 11 is 0. The van der Waals surface area contributed by atoms with E-state index in [1.165, 1.54) is 12.8 Å². The zero-order valence-corrected chi connectivity index (χ0v) is 17.4. The molecule has 1 aliphatic carbocycles. The minimum absolute atomic E-state index is 0.277. The van der Waals surface area contributed by atoms with Gasteiger partial charge in [-0.1, -0.05) is 32.0 Å². The number of nitrogens with two attached hydrogens (primary N) is 1. The van der Waals surface area contributed by atoms with Crippen molar-refractivity contribution >= 4 is 23.7 Å². The second kappa shape index (κ2) is 11.2. The summed E-state index contributed by atoms with van der Waals surface area (Å²) in [7, 11) is 1.67. The minimum Gasteiger partial charge on any atom is -0.493 e. The molecule has 2 aromatic carbocycles. The fourth-order valence-electron chi connectivity index (χ4n) is 3.16. The molecule has 0 aliphatic heterocycles. The smallest absolute Gasteiger partial charge is 0.168 e. The number of anilines is 1. The van der Waals surface area contributed by atoms with Crippen LogP contribution in [0.1, 0.15) is 50.7 Å². The number of nitrogen functional groups attached to an aromatic ring is 1. The van der Waals surface area contributed by atoms with Crippen LogP contribution in [-0.4, -0.2) is 19.4 Å². The van der Waals surface area contributed by atoms with Gasteiger partial charge in [0.2, 0.25) is 0 Å². The summed E-state index contributed by atoms with van der Waals surface area (Å²) in [5, 5.41) is 0. The van der Waals surface area contributed by atoms with Crippen LogP contribution in [0.3, 0.4) is 0 Å². The molecular weight excluding hydrogens is 348 g/mol. The number of methoxy groups -OCH3 is 1. The average Bonchev–Trinajstić information content (AvgIpc) is 3.23. The summed E-state index contributed by atoms with van der Waals surface area (Å²) in [6.45, 7) is 6.02. The Morgan fingerprint density at radius 3 is 2.57 bits per heavy atom. The van der Waals surface area contributed by atoms with E-state index in [1.54, 1.807) is 13.3 Å². The third-order valence-electron chi connectivity index (χ3n) is 4.58. The number of nitrogens with zero attached hydrogens (tertiary/aromatic N) is 1. The summed E-state index contributed by atoms with van der Waals surface area (Å²) in [6, 6.07) is 11.8. The maximum Gasteiger partial charge on any atom is 0.168 e. The fourth-order valence-corrected chi connectivity index (χ4v) is 3.16. The van der Waals surface area contributed by atoms with Gasteiger partial charge in [-0.15, -0.1) is 0 Å². The number of hydrogen-bond acceptors (Lipinski definition) is 4. The van der Waals surface area contributed by atoms with E-state index >= 15 is 0 Å². The highest BCUT2D eigenvalue weighted by atomic mass is 16.5. The molecule has 2 aromatic rings. The molecule has 0 bridgehead atoms. The third-order valence-corrected chi connectivity index (χ3v) is 4.58. The van der Waals surface area contributed by atoms with E-state index in [9.17, 15) is 0 Å². The number of ether oxygens (including phenoxy) is 2. The van der Waals surface area contributed by atoms with Crippen molar-refractivity contribution in [3.63, 3.8) is 0 Å². The summed E-state index contributed by atoms with van der Waals surface area (Å²) in [5.41, 5.74) is 9.54. The van der Waals surface area contributed by atoms with E-state index in [4.69, 9.17) is 15.2 Å². The Morgan fingerprint density at radius 1 is 1.11 bits per heavy atom. The van der Waals surface area contributed by atoms with Crippen LogP contribution in [-0.2, 0) is 0 Å². The highest BCUT2D eigenvalue weighted by Crippen LogP contribution is 2.35. The summed E-state index contributed by atoms with van der Waals surface area (Å²) < 4.78 is 11.7. The van der Waals surface area contributed by atoms with Crippen LogP contribution in [0, 0.1) is 6.92 Å². The molecule has 0 atom stereocenters. The molecule has 1 aliphatic rings. The van der Waals surface area contributed by atoms with Gasteiger partial charge in [-0.3, -0.25) is 4.99 Å². The number of aryl methyl sites for hydroxylation is 1. The van der Waals surface area contributed by atoms with Crippen LogP contribution in [0.5, 0.6) is 11.5 Å². The molecule has 2 N–H and O–H groups in total. The van der Waals surface area contributed by atoms with Crippen molar-refractivity contribution in [3.05, 3.63) is 53.6 Å². The Kier molecular flexibility index (Phi) is 8.60. The van der Waals surface area contributed by atoms with E-state index in [1.807, 2.05) is 69.3 Å². The Hall–Kier alpha value is -2.75. The molecule has 150 valence electrons. The molecule has 0 saturated heterocycles. The Balaban J connectivity index is 0.00000136. The summed E-state index contributed by atoms with van der Waals surface area (Å²) in [6.07, 6.45) is 10.6. The van der Waals surface area contributed by atoms with Crippen LogP contribution in [0.25, 0.3) is 6.08 Å². The predicted molar refractivity (Wildman–Crippen MR) is 120 cm³/mol. The normalized spacial score (nSPS) is 14.3. The highest BCUT2D eigenvalue weighted by Gasteiger charge is 2.19. The topological polar surface area (TPSA) is 56.8 Å². The molecule has 0 aromatic heterocycles. The first-order valence-corrected chi connectivity index (χ1v) is 10.1. The molecule has 4 heteroatoms. The lowest BCUT2D eigenvalue weighted by Crippen LogP contribution is -2.12. The second-order valence-electron chi connectivity index (χ2n) is 6.60. The van der Waals surface area contributed by atoms with Gasteiger partial charge >= 0.3 is 0 Å². The minimum atomic E-state index is 0.277. The van der Waals surface area contributed by atoms with E-state index in [-0.39, 0.29) is 6.10 Å². The van der Waals surface area contributed by atoms with Crippen LogP contribution >= 0.6 is 0 Å². The number of rotatable bonds is 6. The maximum atomic E-state index is 6.24. The standard InChI is InChI=1S/C22H26N2O2.C2H6/c1-16-12-13-19(23)20(15-16)24-14-6-8-17-7-5-11-21(25-2)22(17)26-18-9-3-4-10-18;1-2/h5-8,11-15,18H,3-4,9-10,23H2,1-2H3;1-2H3/b8-6+,24-14?;. The van der Waals surface area contributed by atoms with Crippen molar-refractivity contribution in [1.82, 2.24) is 0 Å². The SMILES string of the molecule is CC.COc1cccc(/C=C/C=Nc2cc(C)ccc2N)c1OC1CCCC1. The Morgan fingerprint density at radius 2 is 1.86 bits per heavy atom. The molecule has 1 saturated carbocycles. The molecule has 1 fully saturated rings. The summed E-state index contributed by atoms with van der Waals surface area (Å²) in [4.78, 5) is 4.45. The van der Waals surface area contributed by atoms with Crippen LogP contribution in [0.15, 0.2) is 47.5 Å². The molecule has 3 rings (SSSR count). The zero-order chi connectivity index (χ0) is 20.4. The average molecular weight is 381 g/mol. The zero-order valence-electron chi connectivity index (χ0n) is 17.4. The number of aliphatic imine (C=N–C) groups is 1. The van der Waals surface area contributed by atoms with Crippen molar-refractivity contribution < 1.29 is 9.47 Å². The monoisotopic (exact) mass is 380 g/mol. The summed E-state index contributed by atoms with van der Waals surface area (Å²) in [5.74, 6) is 1.57. The second-order valence-corrected chi connectivity index (χ2v) is 6.60. The largest absolute Gasteiger partial charge is 0.493 e. The van der Waals surface area contributed by atoms with E-state index in [0.717, 1.165) is 41.2 Å². The van der Waals surface area contributed by atoms with Gasteiger partial charge in [0.1, 0.15) is 0 Å². The van der Waals surface area contributed by atoms with E-state index < -0.39 is 0 Å². The quantitative estimate of drug-likeness (QED) is 0.469. The first-order chi connectivity index (χ1) is 13.7. The number of benzene rings is 2. The molecule has 0 heterocycles. The van der Waals surface area contributed by atoms with Crippen molar-refractivity contribution in [1.29, 1.82) is 0 Å². The first-order valence-electron chi connectivity index (χ1n) is 10.1. The Labute approximate surface area is 169 Å². The van der Waals surface area contributed by atoms with Crippen molar-refractivity contribution in [2.24, 2.45) is 4.99 Å². The number of hydrogen-bond donors (Lipinski definition) is 1. The lowest BCUT2D eigenvalue weighted by atomic mass is 10.1. The molecule has 0 unspecified atom stereocenters. The van der Waals surface area contributed by atoms with Gasteiger partial charge in [-0.2, -0.15) is 0 Å². The number of allylic oxidation sites excluding steroid dienone is 1. The first kappa shape index (κ1) is 21.5. The predicted octanol–water partition coefficient (Wildman–Crippen LogP) is 6.35.